The van der Waals surface area contributed by atoms with E-state index in [9.17, 15) is 0 Å². The van der Waals surface area contributed by atoms with Gasteiger partial charge in [0.25, 0.3) is 0 Å². The van der Waals surface area contributed by atoms with E-state index in [1.807, 2.05) is 0 Å². The first-order chi connectivity index (χ1) is 11.2. The van der Waals surface area contributed by atoms with Gasteiger partial charge in [0.2, 0.25) is 0 Å². The molecule has 0 bridgehead atoms. The Morgan fingerprint density at radius 3 is 2.48 bits per heavy atom. The lowest BCUT2D eigenvalue weighted by Crippen LogP contribution is -1.89. The molecule has 0 amide bonds. The van der Waals surface area contributed by atoms with Crippen LogP contribution in [-0.4, -0.2) is 4.98 Å². The van der Waals surface area contributed by atoms with Crippen molar-refractivity contribution in [3.05, 3.63) is 76.1 Å². The number of aryl methyl sites for hydroxylation is 1. The Morgan fingerprint density at radius 2 is 1.74 bits per heavy atom. The third kappa shape index (κ3) is 2.82. The van der Waals surface area contributed by atoms with Gasteiger partial charge >= 0.3 is 0 Å². The summed E-state index contributed by atoms with van der Waals surface area (Å²) in [4.78, 5) is 6.05. The van der Waals surface area contributed by atoms with Crippen molar-refractivity contribution in [2.24, 2.45) is 0 Å². The summed E-state index contributed by atoms with van der Waals surface area (Å²) in [5.74, 6) is 0. The maximum absolute atomic E-state index is 4.88. The first-order valence-corrected chi connectivity index (χ1v) is 9.04. The molecule has 0 aliphatic rings. The van der Waals surface area contributed by atoms with Crippen LogP contribution in [0.5, 0.6) is 0 Å². The van der Waals surface area contributed by atoms with E-state index in [0.29, 0.717) is 0 Å². The minimum absolute atomic E-state index is 1.02. The molecular weight excluding hydrogens is 366 g/mol. The largest absolute Gasteiger partial charge is 0.247 e. The van der Waals surface area contributed by atoms with Gasteiger partial charge in [-0.1, -0.05) is 42.0 Å². The lowest BCUT2D eigenvalue weighted by molar-refractivity contribution is 1.40. The Kier molecular flexibility index (Phi) is 3.76. The predicted molar refractivity (Wildman–Crippen MR) is 103 cm³/mol. The van der Waals surface area contributed by atoms with Crippen LogP contribution in [-0.2, 0) is 0 Å². The number of benzene rings is 2. The van der Waals surface area contributed by atoms with Crippen molar-refractivity contribution in [2.75, 3.05) is 0 Å². The number of rotatable bonds is 2. The van der Waals surface area contributed by atoms with Gasteiger partial charge < -0.3 is 0 Å². The van der Waals surface area contributed by atoms with Crippen molar-refractivity contribution in [1.29, 1.82) is 0 Å². The molecule has 0 saturated heterocycles. The molecule has 0 N–H and O–H groups in total. The van der Waals surface area contributed by atoms with Gasteiger partial charge in [0, 0.05) is 5.39 Å². The van der Waals surface area contributed by atoms with Crippen LogP contribution in [0.25, 0.3) is 32.6 Å². The number of halogens is 1. The Balaban J connectivity index is 2.03. The van der Waals surface area contributed by atoms with Crippen molar-refractivity contribution in [1.82, 2.24) is 4.98 Å². The molecule has 1 nitrogen and oxygen atoms in total. The summed E-state index contributed by atoms with van der Waals surface area (Å²) in [6.45, 7) is 2.12. The zero-order valence-electron chi connectivity index (χ0n) is 12.6. The number of fused-ring (bicyclic) bond motifs is 1. The average Bonchev–Trinajstić information content (AvgIpc) is 3.01. The lowest BCUT2D eigenvalue weighted by atomic mass is 9.98. The van der Waals surface area contributed by atoms with E-state index >= 15 is 0 Å². The van der Waals surface area contributed by atoms with E-state index in [0.717, 1.165) is 15.0 Å². The summed E-state index contributed by atoms with van der Waals surface area (Å²) >= 11 is 5.25. The number of thiophene rings is 1. The molecule has 0 radical (unpaired) electrons. The Bertz CT molecular complexity index is 989. The molecule has 0 atom stereocenters. The van der Waals surface area contributed by atoms with Crippen LogP contribution >= 0.6 is 27.3 Å². The van der Waals surface area contributed by atoms with Gasteiger partial charge in [-0.15, -0.1) is 11.3 Å². The summed E-state index contributed by atoms with van der Waals surface area (Å²) in [5, 5.41) is 1.20. The molecular formula is C20H14BrNS. The standard InChI is InChI=1S/C20H14BrNS/c1-13-7-8-17-16(11-13)15(14-5-3-2-4-6-14)12-18(22-17)19-9-10-20(21)23-19/h2-12H,1H3. The highest BCUT2D eigenvalue weighted by atomic mass is 79.9. The van der Waals surface area contributed by atoms with E-state index in [4.69, 9.17) is 4.98 Å². The van der Waals surface area contributed by atoms with Crippen molar-refractivity contribution in [3.63, 3.8) is 0 Å². The van der Waals surface area contributed by atoms with Crippen LogP contribution in [0.2, 0.25) is 0 Å². The van der Waals surface area contributed by atoms with Crippen molar-refractivity contribution in [2.45, 2.75) is 6.92 Å². The van der Waals surface area contributed by atoms with Gasteiger partial charge in [-0.2, -0.15) is 0 Å². The summed E-state index contributed by atoms with van der Waals surface area (Å²) in [5.41, 5.74) is 5.77. The van der Waals surface area contributed by atoms with E-state index < -0.39 is 0 Å². The fourth-order valence-electron chi connectivity index (χ4n) is 2.77. The van der Waals surface area contributed by atoms with Crippen LogP contribution < -0.4 is 0 Å². The Hall–Kier alpha value is -1.97. The molecule has 0 aliphatic heterocycles. The maximum atomic E-state index is 4.88. The van der Waals surface area contributed by atoms with Crippen LogP contribution in [0.3, 0.4) is 0 Å². The number of nitrogens with zero attached hydrogens (tertiary/aromatic N) is 1. The SMILES string of the molecule is Cc1ccc2nc(-c3ccc(Br)s3)cc(-c3ccccc3)c2c1. The van der Waals surface area contributed by atoms with Gasteiger partial charge in [-0.25, -0.2) is 4.98 Å². The quantitative estimate of drug-likeness (QED) is 0.377. The number of hydrogen-bond donors (Lipinski definition) is 0. The molecule has 0 saturated carbocycles. The maximum Gasteiger partial charge on any atom is 0.0816 e. The van der Waals surface area contributed by atoms with E-state index in [1.165, 1.54) is 27.0 Å². The number of aromatic nitrogens is 1. The third-order valence-corrected chi connectivity index (χ3v) is 5.52. The van der Waals surface area contributed by atoms with Crippen LogP contribution in [0.1, 0.15) is 5.56 Å². The molecule has 2 aromatic carbocycles. The summed E-state index contributed by atoms with van der Waals surface area (Å²) in [7, 11) is 0. The van der Waals surface area contributed by atoms with Gasteiger partial charge in [0.05, 0.1) is 19.9 Å². The third-order valence-electron chi connectivity index (χ3n) is 3.87. The first-order valence-electron chi connectivity index (χ1n) is 7.43. The molecule has 4 aromatic rings. The molecule has 2 aromatic heterocycles. The van der Waals surface area contributed by atoms with Crippen molar-refractivity contribution < 1.29 is 0 Å². The second-order valence-electron chi connectivity index (χ2n) is 5.55. The number of hydrogen-bond acceptors (Lipinski definition) is 2. The zero-order chi connectivity index (χ0) is 15.8. The predicted octanol–water partition coefficient (Wildman–Crippen LogP) is 6.70. The fraction of sp³-hybridized carbons (Fsp3) is 0.0500. The molecule has 4 rings (SSSR count). The van der Waals surface area contributed by atoms with E-state index in [2.05, 4.69) is 89.6 Å². The normalized spacial score (nSPS) is 11.0. The topological polar surface area (TPSA) is 12.9 Å². The highest BCUT2D eigenvalue weighted by molar-refractivity contribution is 9.11. The Morgan fingerprint density at radius 1 is 0.913 bits per heavy atom. The zero-order valence-corrected chi connectivity index (χ0v) is 15.0. The van der Waals surface area contributed by atoms with Gasteiger partial charge in [-0.05, 0) is 64.3 Å². The Labute approximate surface area is 147 Å². The summed E-state index contributed by atoms with van der Waals surface area (Å²) in [6.07, 6.45) is 0. The average molecular weight is 380 g/mol. The second-order valence-corrected chi connectivity index (χ2v) is 8.01. The highest BCUT2D eigenvalue weighted by Gasteiger charge is 2.11. The smallest absolute Gasteiger partial charge is 0.0816 e. The minimum Gasteiger partial charge on any atom is -0.247 e. The van der Waals surface area contributed by atoms with Crippen LogP contribution in [0, 0.1) is 6.92 Å². The molecule has 0 fully saturated rings. The first kappa shape index (κ1) is 14.6. The molecule has 0 aliphatic carbocycles. The van der Waals surface area contributed by atoms with Gasteiger partial charge in [0.15, 0.2) is 0 Å². The summed E-state index contributed by atoms with van der Waals surface area (Å²) in [6, 6.07) is 23.4. The molecule has 3 heteroatoms. The molecule has 112 valence electrons. The summed E-state index contributed by atoms with van der Waals surface area (Å²) < 4.78 is 1.12. The van der Waals surface area contributed by atoms with Crippen molar-refractivity contribution in [3.8, 4) is 21.7 Å². The fourth-order valence-corrected chi connectivity index (χ4v) is 4.12. The van der Waals surface area contributed by atoms with E-state index in [1.54, 1.807) is 11.3 Å². The molecule has 23 heavy (non-hydrogen) atoms. The van der Waals surface area contributed by atoms with Gasteiger partial charge in [-0.3, -0.25) is 0 Å². The second kappa shape index (κ2) is 5.91. The number of pyridine rings is 1. The van der Waals surface area contributed by atoms with Crippen LogP contribution in [0.4, 0.5) is 0 Å². The van der Waals surface area contributed by atoms with Gasteiger partial charge in [0.1, 0.15) is 0 Å². The molecule has 0 spiro atoms. The monoisotopic (exact) mass is 379 g/mol. The lowest BCUT2D eigenvalue weighted by Gasteiger charge is -2.10. The molecule has 0 unspecified atom stereocenters. The highest BCUT2D eigenvalue weighted by Crippen LogP contribution is 2.36. The molecule has 2 heterocycles. The van der Waals surface area contributed by atoms with Crippen LogP contribution in [0.15, 0.2) is 70.5 Å². The van der Waals surface area contributed by atoms with E-state index in [-0.39, 0.29) is 0 Å². The van der Waals surface area contributed by atoms with Crippen molar-refractivity contribution >= 4 is 38.2 Å². The minimum atomic E-state index is 1.02.